The highest BCUT2D eigenvalue weighted by atomic mass is 16.3. The minimum Gasteiger partial charge on any atom is -0.507 e. The second kappa shape index (κ2) is 6.72. The third-order valence-electron chi connectivity index (χ3n) is 4.70. The second-order valence-electron chi connectivity index (χ2n) is 6.19. The fourth-order valence-corrected chi connectivity index (χ4v) is 3.27. The van der Waals surface area contributed by atoms with Crippen molar-refractivity contribution in [3.05, 3.63) is 57.6 Å². The molecule has 26 heavy (non-hydrogen) atoms. The molecule has 134 valence electrons. The molecule has 0 bridgehead atoms. The van der Waals surface area contributed by atoms with Crippen LogP contribution < -0.4 is 0 Å². The maximum absolute atomic E-state index is 12.8. The Hall–Kier alpha value is -2.99. The van der Waals surface area contributed by atoms with E-state index in [2.05, 4.69) is 0 Å². The summed E-state index contributed by atoms with van der Waals surface area (Å²) in [6.07, 6.45) is 0.648. The van der Waals surface area contributed by atoms with Crippen LogP contribution in [0.15, 0.2) is 24.3 Å². The van der Waals surface area contributed by atoms with Gasteiger partial charge in [-0.05, 0) is 24.1 Å². The highest BCUT2D eigenvalue weighted by molar-refractivity contribution is 6.30. The normalized spacial score (nSPS) is 12.7. The fourth-order valence-electron chi connectivity index (χ4n) is 3.27. The van der Waals surface area contributed by atoms with Gasteiger partial charge in [0.25, 0.3) is 0 Å². The van der Waals surface area contributed by atoms with Gasteiger partial charge in [-0.15, -0.1) is 0 Å². The number of phenols is 2. The lowest BCUT2D eigenvalue weighted by Gasteiger charge is -2.22. The highest BCUT2D eigenvalue weighted by Gasteiger charge is 2.35. The standard InChI is InChI=1S/C20H18O6/c1-2-11(22)6-7-12-10(9-21)8-14-17(19(12)25)20(26)16-13(18(14)24)4-3-5-15(16)23/h3-5,8,21,23,25H,2,6-7,9H2,1H3. The van der Waals surface area contributed by atoms with Gasteiger partial charge in [0.05, 0.1) is 17.7 Å². The van der Waals surface area contributed by atoms with Crippen molar-refractivity contribution in [2.24, 2.45) is 0 Å². The number of ketones is 3. The van der Waals surface area contributed by atoms with Gasteiger partial charge in [0.15, 0.2) is 5.78 Å². The molecule has 0 amide bonds. The number of Topliss-reactive ketones (excluding diaryl/α,β-unsaturated/α-hetero) is 1. The molecule has 6 heteroatoms. The molecule has 1 aliphatic carbocycles. The number of hydrogen-bond acceptors (Lipinski definition) is 6. The molecule has 3 N–H and O–H groups in total. The smallest absolute Gasteiger partial charge is 0.201 e. The van der Waals surface area contributed by atoms with E-state index < -0.39 is 23.9 Å². The zero-order valence-corrected chi connectivity index (χ0v) is 14.2. The lowest BCUT2D eigenvalue weighted by Crippen LogP contribution is -2.22. The monoisotopic (exact) mass is 354 g/mol. The van der Waals surface area contributed by atoms with Gasteiger partial charge in [0.1, 0.15) is 17.3 Å². The van der Waals surface area contributed by atoms with E-state index in [0.29, 0.717) is 12.0 Å². The Bertz CT molecular complexity index is 942. The molecule has 0 aliphatic heterocycles. The summed E-state index contributed by atoms with van der Waals surface area (Å²) in [5.74, 6) is -1.93. The second-order valence-corrected chi connectivity index (χ2v) is 6.19. The molecule has 0 spiro atoms. The Morgan fingerprint density at radius 1 is 1.04 bits per heavy atom. The van der Waals surface area contributed by atoms with Gasteiger partial charge in [-0.3, -0.25) is 14.4 Å². The van der Waals surface area contributed by atoms with Crippen LogP contribution in [0.25, 0.3) is 0 Å². The first kappa shape index (κ1) is 17.8. The molecule has 3 rings (SSSR count). The number of carbonyl (C=O) groups excluding carboxylic acids is 3. The summed E-state index contributed by atoms with van der Waals surface area (Å²) in [5, 5.41) is 30.3. The maximum atomic E-state index is 12.8. The van der Waals surface area contributed by atoms with Gasteiger partial charge in [-0.1, -0.05) is 19.1 Å². The molecular formula is C20H18O6. The van der Waals surface area contributed by atoms with Crippen LogP contribution in [-0.4, -0.2) is 32.7 Å². The molecule has 0 unspecified atom stereocenters. The number of aromatic hydroxyl groups is 2. The molecule has 2 aromatic carbocycles. The van der Waals surface area contributed by atoms with Crippen LogP contribution in [0.3, 0.4) is 0 Å². The largest absolute Gasteiger partial charge is 0.507 e. The lowest BCUT2D eigenvalue weighted by molar-refractivity contribution is -0.118. The minimum atomic E-state index is -0.655. The molecule has 0 fully saturated rings. The summed E-state index contributed by atoms with van der Waals surface area (Å²) in [5.41, 5.74) is 0.274. The van der Waals surface area contributed by atoms with Crippen LogP contribution in [0, 0.1) is 0 Å². The van der Waals surface area contributed by atoms with Gasteiger partial charge >= 0.3 is 0 Å². The van der Waals surface area contributed by atoms with Gasteiger partial charge in [0, 0.05) is 29.5 Å². The van der Waals surface area contributed by atoms with Gasteiger partial charge < -0.3 is 15.3 Å². The average molecular weight is 354 g/mol. The number of aliphatic hydroxyl groups excluding tert-OH is 1. The van der Waals surface area contributed by atoms with Crippen molar-refractivity contribution in [2.45, 2.75) is 32.8 Å². The number of phenolic OH excluding ortho intramolecular Hbond substituents is 2. The summed E-state index contributed by atoms with van der Waals surface area (Å²) >= 11 is 0. The van der Waals surface area contributed by atoms with E-state index in [4.69, 9.17) is 0 Å². The molecule has 1 aliphatic rings. The molecular weight excluding hydrogens is 336 g/mol. The Morgan fingerprint density at radius 2 is 1.77 bits per heavy atom. The van der Waals surface area contributed by atoms with Crippen LogP contribution in [0.1, 0.15) is 62.7 Å². The van der Waals surface area contributed by atoms with E-state index in [1.165, 1.54) is 24.3 Å². The predicted molar refractivity (Wildman–Crippen MR) is 92.6 cm³/mol. The van der Waals surface area contributed by atoms with Gasteiger partial charge in [0.2, 0.25) is 5.78 Å². The molecule has 0 atom stereocenters. The minimum absolute atomic E-state index is 0.0137. The lowest BCUT2D eigenvalue weighted by atomic mass is 9.80. The van der Waals surface area contributed by atoms with E-state index in [9.17, 15) is 29.7 Å². The van der Waals surface area contributed by atoms with Crippen molar-refractivity contribution in [1.29, 1.82) is 0 Å². The maximum Gasteiger partial charge on any atom is 0.201 e. The quantitative estimate of drug-likeness (QED) is 0.648. The van der Waals surface area contributed by atoms with Crippen LogP contribution in [0.4, 0.5) is 0 Å². The van der Waals surface area contributed by atoms with Crippen molar-refractivity contribution >= 4 is 17.3 Å². The van der Waals surface area contributed by atoms with Gasteiger partial charge in [-0.2, -0.15) is 0 Å². The Kier molecular flexibility index (Phi) is 4.61. The fraction of sp³-hybridized carbons (Fsp3) is 0.250. The third kappa shape index (κ3) is 2.68. The summed E-state index contributed by atoms with van der Waals surface area (Å²) in [4.78, 5) is 37.2. The molecule has 0 aromatic heterocycles. The summed E-state index contributed by atoms with van der Waals surface area (Å²) in [6.45, 7) is 1.29. The molecule has 0 saturated carbocycles. The first-order valence-corrected chi connectivity index (χ1v) is 8.32. The first-order valence-electron chi connectivity index (χ1n) is 8.32. The average Bonchev–Trinajstić information content (AvgIpc) is 2.63. The SMILES string of the molecule is CCC(=O)CCc1c(CO)cc2c(c1O)C(=O)c1c(O)cccc1C2=O. The number of hydrogen-bond donors (Lipinski definition) is 3. The molecule has 0 radical (unpaired) electrons. The van der Waals surface area contributed by atoms with Gasteiger partial charge in [-0.25, -0.2) is 0 Å². The van der Waals surface area contributed by atoms with Crippen LogP contribution in [-0.2, 0) is 17.8 Å². The van der Waals surface area contributed by atoms with Crippen molar-refractivity contribution < 1.29 is 29.7 Å². The van der Waals surface area contributed by atoms with Crippen LogP contribution in [0.2, 0.25) is 0 Å². The Balaban J connectivity index is 2.19. The third-order valence-corrected chi connectivity index (χ3v) is 4.70. The summed E-state index contributed by atoms with van der Waals surface area (Å²) < 4.78 is 0. The molecule has 6 nitrogen and oxygen atoms in total. The van der Waals surface area contributed by atoms with Crippen LogP contribution >= 0.6 is 0 Å². The number of aliphatic hydroxyl groups is 1. The van der Waals surface area contributed by atoms with E-state index in [-0.39, 0.29) is 52.2 Å². The van der Waals surface area contributed by atoms with E-state index >= 15 is 0 Å². The summed E-state index contributed by atoms with van der Waals surface area (Å²) in [6, 6.07) is 5.58. The number of benzene rings is 2. The zero-order valence-electron chi connectivity index (χ0n) is 14.2. The highest BCUT2D eigenvalue weighted by Crippen LogP contribution is 2.39. The molecule has 0 heterocycles. The Labute approximate surface area is 149 Å². The Morgan fingerprint density at radius 3 is 2.42 bits per heavy atom. The number of rotatable bonds is 5. The van der Waals surface area contributed by atoms with Crippen LogP contribution in [0.5, 0.6) is 11.5 Å². The topological polar surface area (TPSA) is 112 Å². The first-order chi connectivity index (χ1) is 12.4. The van der Waals surface area contributed by atoms with E-state index in [1.807, 2.05) is 0 Å². The molecule has 0 saturated heterocycles. The number of fused-ring (bicyclic) bond motifs is 2. The van der Waals surface area contributed by atoms with Crippen molar-refractivity contribution in [3.8, 4) is 11.5 Å². The summed E-state index contributed by atoms with van der Waals surface area (Å²) in [7, 11) is 0. The van der Waals surface area contributed by atoms with E-state index in [1.54, 1.807) is 6.92 Å². The zero-order chi connectivity index (χ0) is 19.0. The number of carbonyl (C=O) groups is 3. The van der Waals surface area contributed by atoms with Crippen molar-refractivity contribution in [2.75, 3.05) is 0 Å². The predicted octanol–water partition coefficient (Wildman–Crippen LogP) is 2.28. The van der Waals surface area contributed by atoms with Crippen molar-refractivity contribution in [3.63, 3.8) is 0 Å². The van der Waals surface area contributed by atoms with Crippen molar-refractivity contribution in [1.82, 2.24) is 0 Å². The van der Waals surface area contributed by atoms with E-state index in [0.717, 1.165) is 0 Å². The molecule has 2 aromatic rings.